The summed E-state index contributed by atoms with van der Waals surface area (Å²) in [5.41, 5.74) is 0. The molecule has 3 heterocycles. The van der Waals surface area contributed by atoms with E-state index < -0.39 is 6.04 Å². The van der Waals surface area contributed by atoms with Crippen molar-refractivity contribution in [3.63, 3.8) is 0 Å². The Kier molecular flexibility index (Phi) is 5.25. The van der Waals surface area contributed by atoms with E-state index in [2.05, 4.69) is 0 Å². The number of piperazine rings is 1. The largest absolute Gasteiger partial charge is 0.467 e. The smallest absolute Gasteiger partial charge is 0.409 e. The molecule has 0 N–H and O–H groups in total. The fourth-order valence-electron chi connectivity index (χ4n) is 3.29. The number of carbonyl (C=O) groups excluding carboxylic acids is 3. The highest BCUT2D eigenvalue weighted by atomic mass is 16.6. The highest BCUT2D eigenvalue weighted by Gasteiger charge is 2.39. The molecule has 1 aromatic rings. The van der Waals surface area contributed by atoms with E-state index in [4.69, 9.17) is 9.15 Å². The van der Waals surface area contributed by atoms with Crippen LogP contribution in [0.1, 0.15) is 25.5 Å². The number of ether oxygens (including phenoxy) is 1. The standard InChI is InChI=1S/C17H23N3O5/c1-2-24-17(23)19-9-7-18(8-10-19)16(22)14-5-6-15(21)20(14)12-13-4-3-11-25-13/h3-4,11,14H,2,5-10,12H2,1H3/t14-/m1/s1. The van der Waals surface area contributed by atoms with Gasteiger partial charge in [0, 0.05) is 32.6 Å². The number of furan rings is 1. The summed E-state index contributed by atoms with van der Waals surface area (Å²) < 4.78 is 10.3. The predicted octanol–water partition coefficient (Wildman–Crippen LogP) is 1.07. The van der Waals surface area contributed by atoms with Crippen molar-refractivity contribution in [1.29, 1.82) is 0 Å². The van der Waals surface area contributed by atoms with Crippen molar-refractivity contribution in [3.8, 4) is 0 Å². The first-order valence-corrected chi connectivity index (χ1v) is 8.62. The Bertz CT molecular complexity index is 622. The lowest BCUT2D eigenvalue weighted by Crippen LogP contribution is -2.55. The Morgan fingerprint density at radius 1 is 1.24 bits per heavy atom. The van der Waals surface area contributed by atoms with Gasteiger partial charge in [-0.2, -0.15) is 0 Å². The molecule has 0 radical (unpaired) electrons. The lowest BCUT2D eigenvalue weighted by molar-refractivity contribution is -0.143. The fourth-order valence-corrected chi connectivity index (χ4v) is 3.29. The van der Waals surface area contributed by atoms with E-state index in [0.29, 0.717) is 57.9 Å². The summed E-state index contributed by atoms with van der Waals surface area (Å²) in [6, 6.07) is 3.11. The topological polar surface area (TPSA) is 83.3 Å². The van der Waals surface area contributed by atoms with Gasteiger partial charge in [-0.3, -0.25) is 9.59 Å². The normalized spacial score (nSPS) is 20.9. The zero-order chi connectivity index (χ0) is 17.8. The first-order valence-electron chi connectivity index (χ1n) is 8.62. The van der Waals surface area contributed by atoms with Crippen molar-refractivity contribution in [2.75, 3.05) is 32.8 Å². The number of amides is 3. The van der Waals surface area contributed by atoms with Crippen molar-refractivity contribution in [3.05, 3.63) is 24.2 Å². The third-order valence-corrected chi connectivity index (χ3v) is 4.64. The van der Waals surface area contributed by atoms with E-state index in [9.17, 15) is 14.4 Å². The third kappa shape index (κ3) is 3.78. The van der Waals surface area contributed by atoms with Gasteiger partial charge in [-0.15, -0.1) is 0 Å². The molecule has 3 amide bonds. The molecule has 0 spiro atoms. The van der Waals surface area contributed by atoms with Gasteiger partial charge in [0.2, 0.25) is 11.8 Å². The van der Waals surface area contributed by atoms with Crippen LogP contribution < -0.4 is 0 Å². The van der Waals surface area contributed by atoms with Gasteiger partial charge in [-0.1, -0.05) is 0 Å². The number of nitrogens with zero attached hydrogens (tertiary/aromatic N) is 3. The molecule has 1 aromatic heterocycles. The molecule has 3 rings (SSSR count). The summed E-state index contributed by atoms with van der Waals surface area (Å²) in [6.07, 6.45) is 2.11. The molecule has 2 fully saturated rings. The Labute approximate surface area is 146 Å². The molecule has 8 heteroatoms. The zero-order valence-corrected chi connectivity index (χ0v) is 14.3. The molecule has 8 nitrogen and oxygen atoms in total. The van der Waals surface area contributed by atoms with Gasteiger partial charge in [0.25, 0.3) is 0 Å². The minimum absolute atomic E-state index is 0.0279. The zero-order valence-electron chi connectivity index (χ0n) is 14.3. The van der Waals surface area contributed by atoms with E-state index >= 15 is 0 Å². The summed E-state index contributed by atoms with van der Waals surface area (Å²) in [5, 5.41) is 0. The number of hydrogen-bond donors (Lipinski definition) is 0. The second kappa shape index (κ2) is 7.58. The van der Waals surface area contributed by atoms with Crippen LogP contribution in [-0.4, -0.2) is 71.4 Å². The SMILES string of the molecule is CCOC(=O)N1CCN(C(=O)[C@H]2CCC(=O)N2Cc2ccco2)CC1. The van der Waals surface area contributed by atoms with Crippen molar-refractivity contribution in [2.45, 2.75) is 32.4 Å². The Balaban J connectivity index is 1.59. The molecular formula is C17H23N3O5. The van der Waals surface area contributed by atoms with Gasteiger partial charge in [0.05, 0.1) is 19.4 Å². The molecule has 0 unspecified atom stereocenters. The van der Waals surface area contributed by atoms with Gasteiger partial charge in [-0.25, -0.2) is 4.79 Å². The van der Waals surface area contributed by atoms with Gasteiger partial charge < -0.3 is 23.9 Å². The van der Waals surface area contributed by atoms with Crippen molar-refractivity contribution < 1.29 is 23.5 Å². The monoisotopic (exact) mass is 349 g/mol. The van der Waals surface area contributed by atoms with Gasteiger partial charge >= 0.3 is 6.09 Å². The second-order valence-electron chi connectivity index (χ2n) is 6.17. The Morgan fingerprint density at radius 3 is 2.60 bits per heavy atom. The molecule has 0 saturated carbocycles. The number of likely N-dealkylation sites (tertiary alicyclic amines) is 1. The Hall–Kier alpha value is -2.51. The van der Waals surface area contributed by atoms with E-state index in [-0.39, 0.29) is 17.9 Å². The lowest BCUT2D eigenvalue weighted by Gasteiger charge is -2.36. The average Bonchev–Trinajstić information content (AvgIpc) is 3.26. The van der Waals surface area contributed by atoms with Crippen LogP contribution in [0.25, 0.3) is 0 Å². The number of carbonyl (C=O) groups is 3. The minimum Gasteiger partial charge on any atom is -0.467 e. The lowest BCUT2D eigenvalue weighted by atomic mass is 10.1. The van der Waals surface area contributed by atoms with Crippen molar-refractivity contribution in [1.82, 2.24) is 14.7 Å². The maximum absolute atomic E-state index is 12.9. The molecule has 2 aliphatic heterocycles. The second-order valence-corrected chi connectivity index (χ2v) is 6.17. The number of rotatable bonds is 4. The summed E-state index contributed by atoms with van der Waals surface area (Å²) in [6.45, 7) is 4.22. The highest BCUT2D eigenvalue weighted by molar-refractivity contribution is 5.91. The van der Waals surface area contributed by atoms with Crippen molar-refractivity contribution in [2.24, 2.45) is 0 Å². The van der Waals surface area contributed by atoms with Crippen LogP contribution in [0, 0.1) is 0 Å². The maximum atomic E-state index is 12.9. The molecule has 25 heavy (non-hydrogen) atoms. The molecule has 1 atom stereocenters. The summed E-state index contributed by atoms with van der Waals surface area (Å²) in [4.78, 5) is 41.7. The van der Waals surface area contributed by atoms with Gasteiger partial charge in [0.1, 0.15) is 11.8 Å². The van der Waals surface area contributed by atoms with E-state index in [1.807, 2.05) is 0 Å². The van der Waals surface area contributed by atoms with Gasteiger partial charge in [0.15, 0.2) is 0 Å². The molecule has 0 aliphatic carbocycles. The first kappa shape index (κ1) is 17.3. The van der Waals surface area contributed by atoms with Crippen LogP contribution in [0.3, 0.4) is 0 Å². The first-order chi connectivity index (χ1) is 12.1. The van der Waals surface area contributed by atoms with Crippen LogP contribution in [-0.2, 0) is 20.9 Å². The van der Waals surface area contributed by atoms with Crippen LogP contribution in [0.2, 0.25) is 0 Å². The maximum Gasteiger partial charge on any atom is 0.409 e. The van der Waals surface area contributed by atoms with E-state index in [1.54, 1.807) is 40.0 Å². The van der Waals surface area contributed by atoms with Crippen LogP contribution >= 0.6 is 0 Å². The molecule has 2 saturated heterocycles. The summed E-state index contributed by atoms with van der Waals surface area (Å²) in [7, 11) is 0. The molecule has 0 bridgehead atoms. The van der Waals surface area contributed by atoms with E-state index in [1.165, 1.54) is 0 Å². The molecule has 2 aliphatic rings. The van der Waals surface area contributed by atoms with Crippen LogP contribution in [0.4, 0.5) is 4.79 Å². The quantitative estimate of drug-likeness (QED) is 0.812. The summed E-state index contributed by atoms with van der Waals surface area (Å²) in [5.74, 6) is 0.584. The highest BCUT2D eigenvalue weighted by Crippen LogP contribution is 2.24. The van der Waals surface area contributed by atoms with E-state index in [0.717, 1.165) is 0 Å². The molecule has 136 valence electrons. The fraction of sp³-hybridized carbons (Fsp3) is 0.588. The average molecular weight is 349 g/mol. The third-order valence-electron chi connectivity index (χ3n) is 4.64. The molecular weight excluding hydrogens is 326 g/mol. The number of hydrogen-bond acceptors (Lipinski definition) is 5. The van der Waals surface area contributed by atoms with Crippen molar-refractivity contribution >= 4 is 17.9 Å². The molecule has 0 aromatic carbocycles. The van der Waals surface area contributed by atoms with Crippen LogP contribution in [0.15, 0.2) is 22.8 Å². The van der Waals surface area contributed by atoms with Gasteiger partial charge in [-0.05, 0) is 25.5 Å². The Morgan fingerprint density at radius 2 is 1.96 bits per heavy atom. The van der Waals surface area contributed by atoms with Crippen LogP contribution in [0.5, 0.6) is 0 Å². The predicted molar refractivity (Wildman–Crippen MR) is 87.5 cm³/mol. The summed E-state index contributed by atoms with van der Waals surface area (Å²) >= 11 is 0. The minimum atomic E-state index is -0.452.